The van der Waals surface area contributed by atoms with Gasteiger partial charge in [-0.1, -0.05) is 12.5 Å². The van der Waals surface area contributed by atoms with Crippen LogP contribution < -0.4 is 0 Å². The van der Waals surface area contributed by atoms with Crippen molar-refractivity contribution in [2.45, 2.75) is 71.3 Å². The van der Waals surface area contributed by atoms with E-state index < -0.39 is 5.60 Å². The lowest BCUT2D eigenvalue weighted by Gasteiger charge is -2.28. The van der Waals surface area contributed by atoms with Crippen molar-refractivity contribution in [1.29, 1.82) is 0 Å². The van der Waals surface area contributed by atoms with Gasteiger partial charge in [-0.15, -0.1) is 6.58 Å². The molecule has 126 valence electrons. The van der Waals surface area contributed by atoms with Crippen LogP contribution in [0.4, 0.5) is 0 Å². The van der Waals surface area contributed by atoms with Gasteiger partial charge in [0, 0.05) is 6.42 Å². The molecule has 3 heteroatoms. The van der Waals surface area contributed by atoms with Gasteiger partial charge in [0.1, 0.15) is 5.60 Å². The monoisotopic (exact) mass is 308 g/mol. The van der Waals surface area contributed by atoms with Crippen LogP contribution in [-0.2, 0) is 14.3 Å². The van der Waals surface area contributed by atoms with Crippen LogP contribution in [0.25, 0.3) is 0 Å². The predicted molar refractivity (Wildman–Crippen MR) is 90.4 cm³/mol. The van der Waals surface area contributed by atoms with Crippen LogP contribution in [0, 0.1) is 11.8 Å². The minimum atomic E-state index is -0.413. The first kappa shape index (κ1) is 18.8. The molecule has 1 fully saturated rings. The molecule has 0 saturated heterocycles. The fraction of sp³-hybridized carbons (Fsp3) is 0.737. The van der Waals surface area contributed by atoms with Gasteiger partial charge in [-0.25, -0.2) is 0 Å². The average Bonchev–Trinajstić information content (AvgIpc) is 2.57. The number of hydrogen-bond donors (Lipinski definition) is 0. The van der Waals surface area contributed by atoms with E-state index in [0.29, 0.717) is 18.3 Å². The van der Waals surface area contributed by atoms with E-state index in [9.17, 15) is 4.79 Å². The molecule has 0 amide bonds. The summed E-state index contributed by atoms with van der Waals surface area (Å²) in [6.07, 6.45) is 10.8. The maximum Gasteiger partial charge on any atom is 0.306 e. The van der Waals surface area contributed by atoms with Crippen LogP contribution in [0.15, 0.2) is 24.5 Å². The maximum absolute atomic E-state index is 12.2. The summed E-state index contributed by atoms with van der Waals surface area (Å²) in [6, 6.07) is 0. The molecule has 0 N–H and O–H groups in total. The van der Waals surface area contributed by atoms with Crippen molar-refractivity contribution in [3.63, 3.8) is 0 Å². The van der Waals surface area contributed by atoms with Crippen molar-refractivity contribution in [3.05, 3.63) is 24.5 Å². The Bertz CT molecular complexity index is 390. The Labute approximate surface area is 135 Å². The molecule has 1 rings (SSSR count). The number of esters is 1. The highest BCUT2D eigenvalue weighted by Gasteiger charge is 2.30. The second-order valence-corrected chi connectivity index (χ2v) is 7.20. The molecule has 1 aliphatic carbocycles. The third kappa shape index (κ3) is 6.67. The zero-order chi connectivity index (χ0) is 16.6. The SMILES string of the molecule is C=CCCC1/C(=C\OC)CCCCC1CC(=O)OC(C)(C)C. The predicted octanol–water partition coefficient (Wildman–Crippen LogP) is 5.02. The Morgan fingerprint density at radius 3 is 2.68 bits per heavy atom. The Kier molecular flexibility index (Phi) is 7.70. The molecule has 0 aromatic rings. The average molecular weight is 308 g/mol. The van der Waals surface area contributed by atoms with E-state index in [0.717, 1.165) is 25.7 Å². The van der Waals surface area contributed by atoms with Crippen LogP contribution in [0.5, 0.6) is 0 Å². The summed E-state index contributed by atoms with van der Waals surface area (Å²) in [5.41, 5.74) is 0.930. The lowest BCUT2D eigenvalue weighted by atomic mass is 9.80. The Hall–Kier alpha value is -1.25. The Morgan fingerprint density at radius 1 is 1.36 bits per heavy atom. The van der Waals surface area contributed by atoms with Gasteiger partial charge in [-0.2, -0.15) is 0 Å². The van der Waals surface area contributed by atoms with Gasteiger partial charge in [0.25, 0.3) is 0 Å². The second-order valence-electron chi connectivity index (χ2n) is 7.20. The summed E-state index contributed by atoms with van der Waals surface area (Å²) < 4.78 is 10.8. The number of hydrogen-bond acceptors (Lipinski definition) is 3. The third-order valence-electron chi connectivity index (χ3n) is 4.14. The molecule has 2 atom stereocenters. The molecule has 1 saturated carbocycles. The van der Waals surface area contributed by atoms with Crippen molar-refractivity contribution in [1.82, 2.24) is 0 Å². The lowest BCUT2D eigenvalue weighted by molar-refractivity contribution is -0.156. The first-order chi connectivity index (χ1) is 10.4. The fourth-order valence-corrected chi connectivity index (χ4v) is 3.28. The zero-order valence-corrected chi connectivity index (χ0v) is 14.7. The standard InChI is InChI=1S/C19H32O3/c1-6-7-12-17-15(13-18(20)22-19(2,3)4)10-8-9-11-16(17)14-21-5/h6,14-15,17H,1,7-13H2,2-5H3/b16-14-. The van der Waals surface area contributed by atoms with Crippen molar-refractivity contribution in [2.75, 3.05) is 7.11 Å². The molecule has 3 nitrogen and oxygen atoms in total. The zero-order valence-electron chi connectivity index (χ0n) is 14.7. The number of allylic oxidation sites excluding steroid dienone is 2. The third-order valence-corrected chi connectivity index (χ3v) is 4.14. The molecular formula is C19H32O3. The van der Waals surface area contributed by atoms with Crippen LogP contribution in [0.1, 0.15) is 65.7 Å². The number of ether oxygens (including phenoxy) is 2. The first-order valence-corrected chi connectivity index (χ1v) is 8.42. The maximum atomic E-state index is 12.2. The van der Waals surface area contributed by atoms with Gasteiger partial charge in [0.2, 0.25) is 0 Å². The highest BCUT2D eigenvalue weighted by molar-refractivity contribution is 5.70. The summed E-state index contributed by atoms with van der Waals surface area (Å²) >= 11 is 0. The van der Waals surface area contributed by atoms with Gasteiger partial charge in [-0.3, -0.25) is 4.79 Å². The summed E-state index contributed by atoms with van der Waals surface area (Å²) in [4.78, 5) is 12.2. The van der Waals surface area contributed by atoms with Gasteiger partial charge >= 0.3 is 5.97 Å². The van der Waals surface area contributed by atoms with Crippen LogP contribution in [-0.4, -0.2) is 18.7 Å². The van der Waals surface area contributed by atoms with Crippen LogP contribution >= 0.6 is 0 Å². The van der Waals surface area contributed by atoms with E-state index in [4.69, 9.17) is 9.47 Å². The highest BCUT2D eigenvalue weighted by Crippen LogP contribution is 2.38. The molecule has 0 radical (unpaired) electrons. The first-order valence-electron chi connectivity index (χ1n) is 8.42. The summed E-state index contributed by atoms with van der Waals surface area (Å²) in [5.74, 6) is 0.659. The molecule has 0 aromatic heterocycles. The molecule has 2 unspecified atom stereocenters. The topological polar surface area (TPSA) is 35.5 Å². The molecular weight excluding hydrogens is 276 g/mol. The molecule has 22 heavy (non-hydrogen) atoms. The summed E-state index contributed by atoms with van der Waals surface area (Å²) in [5, 5.41) is 0. The van der Waals surface area contributed by atoms with E-state index in [-0.39, 0.29) is 5.97 Å². The van der Waals surface area contributed by atoms with Gasteiger partial charge in [-0.05, 0) is 70.3 Å². The number of rotatable bonds is 6. The lowest BCUT2D eigenvalue weighted by Crippen LogP contribution is -2.27. The Balaban J connectivity index is 2.83. The van der Waals surface area contributed by atoms with Crippen molar-refractivity contribution >= 4 is 5.97 Å². The van der Waals surface area contributed by atoms with Crippen LogP contribution in [0.3, 0.4) is 0 Å². The normalized spacial score (nSPS) is 24.6. The van der Waals surface area contributed by atoms with Crippen LogP contribution in [0.2, 0.25) is 0 Å². The fourth-order valence-electron chi connectivity index (χ4n) is 3.28. The largest absolute Gasteiger partial charge is 0.504 e. The Morgan fingerprint density at radius 2 is 2.09 bits per heavy atom. The number of carbonyl (C=O) groups excluding carboxylic acids is 1. The van der Waals surface area contributed by atoms with Crippen molar-refractivity contribution in [3.8, 4) is 0 Å². The van der Waals surface area contributed by atoms with Crippen molar-refractivity contribution < 1.29 is 14.3 Å². The van der Waals surface area contributed by atoms with Crippen molar-refractivity contribution in [2.24, 2.45) is 11.8 Å². The molecule has 0 heterocycles. The number of methoxy groups -OCH3 is 1. The smallest absolute Gasteiger partial charge is 0.306 e. The van der Waals surface area contributed by atoms with Gasteiger partial charge in [0.15, 0.2) is 0 Å². The minimum absolute atomic E-state index is 0.0835. The van der Waals surface area contributed by atoms with Gasteiger partial charge in [0.05, 0.1) is 13.4 Å². The van der Waals surface area contributed by atoms with E-state index in [2.05, 4.69) is 6.58 Å². The number of carbonyl (C=O) groups is 1. The summed E-state index contributed by atoms with van der Waals surface area (Å²) in [6.45, 7) is 9.59. The second kappa shape index (κ2) is 9.02. The molecule has 0 aliphatic heterocycles. The van der Waals surface area contributed by atoms with Gasteiger partial charge < -0.3 is 9.47 Å². The molecule has 0 bridgehead atoms. The molecule has 1 aliphatic rings. The molecule has 0 spiro atoms. The van der Waals surface area contributed by atoms with E-state index in [1.54, 1.807) is 7.11 Å². The van der Waals surface area contributed by atoms with E-state index in [1.165, 1.54) is 18.4 Å². The molecule has 0 aromatic carbocycles. The quantitative estimate of drug-likeness (QED) is 0.299. The van der Waals surface area contributed by atoms with E-state index >= 15 is 0 Å². The highest BCUT2D eigenvalue weighted by atomic mass is 16.6. The summed E-state index contributed by atoms with van der Waals surface area (Å²) in [7, 11) is 1.70. The minimum Gasteiger partial charge on any atom is -0.504 e. The van der Waals surface area contributed by atoms with E-state index in [1.807, 2.05) is 33.1 Å².